The van der Waals surface area contributed by atoms with Crippen molar-refractivity contribution in [2.24, 2.45) is 0 Å². The van der Waals surface area contributed by atoms with E-state index >= 15 is 0 Å². The lowest BCUT2D eigenvalue weighted by atomic mass is 9.79. The Morgan fingerprint density at radius 3 is 2.70 bits per heavy atom. The average molecular weight is 263 g/mol. The third-order valence-corrected chi connectivity index (χ3v) is 3.80. The van der Waals surface area contributed by atoms with Crippen LogP contribution in [0, 0.1) is 0 Å². The van der Waals surface area contributed by atoms with Gasteiger partial charge in [-0.1, -0.05) is 36.4 Å². The summed E-state index contributed by atoms with van der Waals surface area (Å²) < 4.78 is 0. The minimum Gasteiger partial charge on any atom is -0.295 e. The van der Waals surface area contributed by atoms with Crippen LogP contribution in [0.4, 0.5) is 0 Å². The zero-order valence-corrected chi connectivity index (χ0v) is 11.3. The van der Waals surface area contributed by atoms with Crippen molar-refractivity contribution < 1.29 is 4.79 Å². The highest BCUT2D eigenvalue weighted by Crippen LogP contribution is 2.36. The van der Waals surface area contributed by atoms with Crippen molar-refractivity contribution in [3.8, 4) is 0 Å². The molecule has 100 valence electrons. The third-order valence-electron chi connectivity index (χ3n) is 3.80. The number of allylic oxidation sites excluding steroid dienone is 1. The zero-order valence-electron chi connectivity index (χ0n) is 11.3. The number of pyridine rings is 1. The van der Waals surface area contributed by atoms with Gasteiger partial charge in [0, 0.05) is 30.3 Å². The van der Waals surface area contributed by atoms with Crippen LogP contribution in [0.5, 0.6) is 0 Å². The topological polar surface area (TPSA) is 30.0 Å². The first-order valence-corrected chi connectivity index (χ1v) is 7.04. The maximum Gasteiger partial charge on any atom is 0.159 e. The molecule has 0 radical (unpaired) electrons. The van der Waals surface area contributed by atoms with Crippen molar-refractivity contribution in [1.29, 1.82) is 0 Å². The number of carbonyl (C=O) groups excluding carboxylic acids is 1. The van der Waals surface area contributed by atoms with Gasteiger partial charge in [-0.25, -0.2) is 0 Å². The maximum absolute atomic E-state index is 12.3. The molecule has 0 spiro atoms. The Hall–Kier alpha value is -2.22. The van der Waals surface area contributed by atoms with Gasteiger partial charge in [-0.15, -0.1) is 0 Å². The van der Waals surface area contributed by atoms with Crippen LogP contribution in [0.25, 0.3) is 6.08 Å². The van der Waals surface area contributed by atoms with Gasteiger partial charge in [-0.05, 0) is 36.1 Å². The highest BCUT2D eigenvalue weighted by molar-refractivity contribution is 6.01. The number of hydrogen-bond donors (Lipinski definition) is 0. The Morgan fingerprint density at radius 2 is 1.95 bits per heavy atom. The van der Waals surface area contributed by atoms with Crippen molar-refractivity contribution in [1.82, 2.24) is 4.98 Å². The molecule has 2 nitrogen and oxygen atoms in total. The first kappa shape index (κ1) is 12.8. The predicted molar refractivity (Wildman–Crippen MR) is 80.3 cm³/mol. The second-order valence-corrected chi connectivity index (χ2v) is 5.16. The lowest BCUT2D eigenvalue weighted by molar-refractivity contribution is -0.116. The molecule has 0 N–H and O–H groups in total. The van der Waals surface area contributed by atoms with E-state index in [0.29, 0.717) is 6.42 Å². The molecule has 0 amide bonds. The van der Waals surface area contributed by atoms with Crippen LogP contribution in [0.3, 0.4) is 0 Å². The molecule has 1 aliphatic carbocycles. The summed E-state index contributed by atoms with van der Waals surface area (Å²) in [5.41, 5.74) is 3.16. The summed E-state index contributed by atoms with van der Waals surface area (Å²) in [6.07, 6.45) is 8.34. The summed E-state index contributed by atoms with van der Waals surface area (Å²) in [6.45, 7) is 0. The molecule has 1 atom stereocenters. The number of rotatable bonds is 2. The number of nitrogens with zero attached hydrogens (tertiary/aromatic N) is 1. The number of carbonyl (C=O) groups is 1. The number of hydrogen-bond acceptors (Lipinski definition) is 2. The highest BCUT2D eigenvalue weighted by Gasteiger charge is 2.26. The van der Waals surface area contributed by atoms with Crippen LogP contribution < -0.4 is 0 Å². The van der Waals surface area contributed by atoms with Crippen molar-refractivity contribution in [3.05, 3.63) is 71.6 Å². The van der Waals surface area contributed by atoms with Crippen molar-refractivity contribution >= 4 is 11.9 Å². The van der Waals surface area contributed by atoms with Crippen LogP contribution in [-0.2, 0) is 4.79 Å². The molecular weight excluding hydrogens is 246 g/mol. The Labute approximate surface area is 119 Å². The summed E-state index contributed by atoms with van der Waals surface area (Å²) in [5.74, 6) is 0.458. The molecule has 1 heterocycles. The minimum absolute atomic E-state index is 0.185. The van der Waals surface area contributed by atoms with E-state index in [9.17, 15) is 4.79 Å². The van der Waals surface area contributed by atoms with Crippen molar-refractivity contribution in [2.45, 2.75) is 25.2 Å². The summed E-state index contributed by atoms with van der Waals surface area (Å²) in [7, 11) is 0. The Kier molecular flexibility index (Phi) is 3.73. The van der Waals surface area contributed by atoms with E-state index < -0.39 is 0 Å². The molecule has 0 aliphatic heterocycles. The molecule has 2 heteroatoms. The predicted octanol–water partition coefficient (Wildman–Crippen LogP) is 4.00. The first-order chi connectivity index (χ1) is 9.84. The molecule has 2 aromatic rings. The summed E-state index contributed by atoms with van der Waals surface area (Å²) >= 11 is 0. The maximum atomic E-state index is 12.3. The molecular formula is C18H17NO. The summed E-state index contributed by atoms with van der Waals surface area (Å²) in [5, 5.41) is 0. The first-order valence-electron chi connectivity index (χ1n) is 7.04. The van der Waals surface area contributed by atoms with Gasteiger partial charge in [0.1, 0.15) is 0 Å². The van der Waals surface area contributed by atoms with E-state index in [1.807, 2.05) is 48.7 Å². The van der Waals surface area contributed by atoms with Crippen LogP contribution in [0.2, 0.25) is 0 Å². The average Bonchev–Trinajstić information content (AvgIpc) is 2.51. The zero-order chi connectivity index (χ0) is 13.8. The Morgan fingerprint density at radius 1 is 1.10 bits per heavy atom. The van der Waals surface area contributed by atoms with Gasteiger partial charge in [0.2, 0.25) is 0 Å². The van der Waals surface area contributed by atoms with Gasteiger partial charge in [0.25, 0.3) is 0 Å². The summed E-state index contributed by atoms with van der Waals surface area (Å²) in [4.78, 5) is 16.5. The fraction of sp³-hybridized carbons (Fsp3) is 0.222. The second kappa shape index (κ2) is 5.83. The van der Waals surface area contributed by atoms with E-state index in [1.165, 1.54) is 0 Å². The normalized spacial score (nSPS) is 21.1. The summed E-state index contributed by atoms with van der Waals surface area (Å²) in [6, 6.07) is 14.1. The molecule has 0 bridgehead atoms. The largest absolute Gasteiger partial charge is 0.295 e. The number of aromatic nitrogens is 1. The van der Waals surface area contributed by atoms with Gasteiger partial charge in [0.05, 0.1) is 0 Å². The molecule has 1 saturated carbocycles. The number of ketones is 1. The fourth-order valence-corrected chi connectivity index (χ4v) is 2.80. The van der Waals surface area contributed by atoms with E-state index in [2.05, 4.69) is 11.1 Å². The van der Waals surface area contributed by atoms with E-state index in [0.717, 1.165) is 29.5 Å². The standard InChI is InChI=1S/C18H17NO/c20-18-10-4-9-16(15-8-5-11-19-13-15)17(18)12-14-6-2-1-3-7-14/h1-3,5-8,11-13,16H,4,9-10H2. The van der Waals surface area contributed by atoms with Crippen LogP contribution in [0.15, 0.2) is 60.4 Å². The Balaban J connectivity index is 2.00. The molecule has 20 heavy (non-hydrogen) atoms. The molecule has 1 unspecified atom stereocenters. The van der Waals surface area contributed by atoms with Gasteiger partial charge in [-0.3, -0.25) is 9.78 Å². The van der Waals surface area contributed by atoms with Gasteiger partial charge in [0.15, 0.2) is 5.78 Å². The van der Waals surface area contributed by atoms with Crippen molar-refractivity contribution in [3.63, 3.8) is 0 Å². The fourth-order valence-electron chi connectivity index (χ4n) is 2.80. The lowest BCUT2D eigenvalue weighted by Crippen LogP contribution is -2.17. The Bertz CT molecular complexity index is 616. The monoisotopic (exact) mass is 263 g/mol. The third kappa shape index (κ3) is 2.69. The highest BCUT2D eigenvalue weighted by atomic mass is 16.1. The van der Waals surface area contributed by atoms with Gasteiger partial charge >= 0.3 is 0 Å². The lowest BCUT2D eigenvalue weighted by Gasteiger charge is -2.24. The molecule has 1 aromatic heterocycles. The van der Waals surface area contributed by atoms with Gasteiger partial charge in [-0.2, -0.15) is 0 Å². The molecule has 1 fully saturated rings. The van der Waals surface area contributed by atoms with Gasteiger partial charge < -0.3 is 0 Å². The second-order valence-electron chi connectivity index (χ2n) is 5.16. The van der Waals surface area contributed by atoms with E-state index in [-0.39, 0.29) is 11.7 Å². The van der Waals surface area contributed by atoms with Crippen LogP contribution in [-0.4, -0.2) is 10.8 Å². The van der Waals surface area contributed by atoms with Crippen molar-refractivity contribution in [2.75, 3.05) is 0 Å². The quantitative estimate of drug-likeness (QED) is 0.766. The molecule has 1 aliphatic rings. The minimum atomic E-state index is 0.185. The van der Waals surface area contributed by atoms with E-state index in [1.54, 1.807) is 6.20 Å². The molecule has 3 rings (SSSR count). The smallest absolute Gasteiger partial charge is 0.159 e. The molecule has 1 aromatic carbocycles. The SMILES string of the molecule is O=C1CCCC(c2cccnc2)C1=Cc1ccccc1. The van der Waals surface area contributed by atoms with E-state index in [4.69, 9.17) is 0 Å². The number of Topliss-reactive ketones (excluding diaryl/α,β-unsaturated/α-hetero) is 1. The molecule has 0 saturated heterocycles. The van der Waals surface area contributed by atoms with Crippen LogP contribution in [0.1, 0.15) is 36.3 Å². The van der Waals surface area contributed by atoms with Crippen LogP contribution >= 0.6 is 0 Å². The number of benzene rings is 1.